The molecule has 1 heterocycles. The Morgan fingerprint density at radius 3 is 2.95 bits per heavy atom. The Balaban J connectivity index is 2.10. The van der Waals surface area contributed by atoms with Crippen LogP contribution in [0.1, 0.15) is 25.1 Å². The number of thioether (sulfide) groups is 1. The first-order valence-electron chi connectivity index (χ1n) is 6.75. The van der Waals surface area contributed by atoms with E-state index in [-0.39, 0.29) is 12.6 Å². The van der Waals surface area contributed by atoms with E-state index in [2.05, 4.69) is 24.4 Å². The van der Waals surface area contributed by atoms with Crippen LogP contribution in [0.5, 0.6) is 0 Å². The molecule has 3 nitrogen and oxygen atoms in total. The van der Waals surface area contributed by atoms with Crippen LogP contribution in [0.2, 0.25) is 0 Å². The fraction of sp³-hybridized carbons (Fsp3) is 0.467. The van der Waals surface area contributed by atoms with Gasteiger partial charge < -0.3 is 14.8 Å². The number of rotatable bonds is 8. The first kappa shape index (κ1) is 14.4. The number of furan rings is 1. The number of hydrogen-bond acceptors (Lipinski definition) is 4. The van der Waals surface area contributed by atoms with Crippen molar-refractivity contribution in [2.75, 3.05) is 24.7 Å². The van der Waals surface area contributed by atoms with E-state index < -0.39 is 0 Å². The number of benzene rings is 1. The van der Waals surface area contributed by atoms with Crippen LogP contribution in [0.3, 0.4) is 0 Å². The van der Waals surface area contributed by atoms with Gasteiger partial charge in [0.1, 0.15) is 11.3 Å². The molecule has 1 aromatic carbocycles. The summed E-state index contributed by atoms with van der Waals surface area (Å²) < 4.78 is 5.92. The minimum absolute atomic E-state index is 0.212. The Kier molecular flexibility index (Phi) is 5.76. The predicted octanol–water partition coefficient (Wildman–Crippen LogP) is 3.20. The van der Waals surface area contributed by atoms with Gasteiger partial charge in [0.05, 0.1) is 12.6 Å². The zero-order chi connectivity index (χ0) is 13.5. The fourth-order valence-corrected chi connectivity index (χ4v) is 2.81. The number of hydrogen-bond donors (Lipinski definition) is 2. The quantitative estimate of drug-likeness (QED) is 0.728. The van der Waals surface area contributed by atoms with Gasteiger partial charge in [0, 0.05) is 16.9 Å². The third-order valence-electron chi connectivity index (χ3n) is 2.95. The van der Waals surface area contributed by atoms with E-state index in [4.69, 9.17) is 9.52 Å². The monoisotopic (exact) mass is 279 g/mol. The standard InChI is InChI=1S/C15H21NO2S/c1-2-7-16-13(11-19-9-8-17)15-10-12-5-3-4-6-14(12)18-15/h3-6,10,13,16-17H,2,7-9,11H2,1H3. The summed E-state index contributed by atoms with van der Waals surface area (Å²) in [5.74, 6) is 2.67. The highest BCUT2D eigenvalue weighted by molar-refractivity contribution is 7.99. The van der Waals surface area contributed by atoms with Crippen LogP contribution in [0.25, 0.3) is 11.0 Å². The normalized spacial score (nSPS) is 12.9. The largest absolute Gasteiger partial charge is 0.459 e. The topological polar surface area (TPSA) is 45.4 Å². The smallest absolute Gasteiger partial charge is 0.134 e. The van der Waals surface area contributed by atoms with Gasteiger partial charge in [0.2, 0.25) is 0 Å². The van der Waals surface area contributed by atoms with E-state index in [1.807, 2.05) is 18.2 Å². The fourth-order valence-electron chi connectivity index (χ4n) is 2.00. The van der Waals surface area contributed by atoms with Crippen molar-refractivity contribution in [3.05, 3.63) is 36.1 Å². The Labute approximate surface area is 118 Å². The highest BCUT2D eigenvalue weighted by Gasteiger charge is 2.15. The van der Waals surface area contributed by atoms with E-state index in [9.17, 15) is 0 Å². The van der Waals surface area contributed by atoms with Crippen molar-refractivity contribution >= 4 is 22.7 Å². The van der Waals surface area contributed by atoms with Gasteiger partial charge in [-0.1, -0.05) is 25.1 Å². The highest BCUT2D eigenvalue weighted by Crippen LogP contribution is 2.26. The van der Waals surface area contributed by atoms with Crippen molar-refractivity contribution in [2.24, 2.45) is 0 Å². The Bertz CT molecular complexity index is 465. The molecule has 0 spiro atoms. The van der Waals surface area contributed by atoms with Gasteiger partial charge >= 0.3 is 0 Å². The molecule has 0 aliphatic carbocycles. The first-order valence-corrected chi connectivity index (χ1v) is 7.91. The number of para-hydroxylation sites is 1. The molecule has 0 bridgehead atoms. The molecule has 0 saturated carbocycles. The van der Waals surface area contributed by atoms with Gasteiger partial charge in [0.25, 0.3) is 0 Å². The van der Waals surface area contributed by atoms with Gasteiger partial charge in [-0.25, -0.2) is 0 Å². The van der Waals surface area contributed by atoms with Gasteiger partial charge in [-0.15, -0.1) is 0 Å². The highest BCUT2D eigenvalue weighted by atomic mass is 32.2. The zero-order valence-corrected chi connectivity index (χ0v) is 12.1. The second-order valence-corrected chi connectivity index (χ2v) is 5.64. The summed E-state index contributed by atoms with van der Waals surface area (Å²) in [6.07, 6.45) is 1.10. The molecule has 0 saturated heterocycles. The summed E-state index contributed by atoms with van der Waals surface area (Å²) in [5, 5.41) is 13.5. The molecule has 0 aliphatic heterocycles. The molecule has 1 unspecified atom stereocenters. The number of aliphatic hydroxyl groups excluding tert-OH is 1. The molecule has 2 aromatic rings. The molecule has 0 radical (unpaired) electrons. The van der Waals surface area contributed by atoms with Crippen LogP contribution in [0.4, 0.5) is 0 Å². The Morgan fingerprint density at radius 1 is 1.37 bits per heavy atom. The van der Waals surface area contributed by atoms with Crippen molar-refractivity contribution in [1.82, 2.24) is 5.32 Å². The SMILES string of the molecule is CCCNC(CSCCO)c1cc2ccccc2o1. The molecule has 0 aliphatic rings. The summed E-state index contributed by atoms with van der Waals surface area (Å²) in [4.78, 5) is 0. The predicted molar refractivity (Wildman–Crippen MR) is 81.7 cm³/mol. The van der Waals surface area contributed by atoms with Gasteiger partial charge in [-0.05, 0) is 25.1 Å². The summed E-state index contributed by atoms with van der Waals surface area (Å²) >= 11 is 1.74. The maximum Gasteiger partial charge on any atom is 0.134 e. The van der Waals surface area contributed by atoms with Crippen LogP contribution in [0.15, 0.2) is 34.7 Å². The third kappa shape index (κ3) is 4.00. The summed E-state index contributed by atoms with van der Waals surface area (Å²) in [6, 6.07) is 10.4. The molecule has 0 fully saturated rings. The molecule has 0 amide bonds. The summed E-state index contributed by atoms with van der Waals surface area (Å²) in [7, 11) is 0. The molecular formula is C15H21NO2S. The Hall–Kier alpha value is -0.970. The van der Waals surface area contributed by atoms with Crippen molar-refractivity contribution in [2.45, 2.75) is 19.4 Å². The number of aliphatic hydroxyl groups is 1. The molecule has 1 atom stereocenters. The summed E-state index contributed by atoms with van der Waals surface area (Å²) in [5.41, 5.74) is 0.938. The van der Waals surface area contributed by atoms with Crippen molar-refractivity contribution in [3.63, 3.8) is 0 Å². The minimum Gasteiger partial charge on any atom is -0.459 e. The van der Waals surface area contributed by atoms with Crippen LogP contribution < -0.4 is 5.32 Å². The summed E-state index contributed by atoms with van der Waals surface area (Å²) in [6.45, 7) is 3.36. The first-order chi connectivity index (χ1) is 9.35. The van der Waals surface area contributed by atoms with E-state index in [0.717, 1.165) is 41.2 Å². The zero-order valence-electron chi connectivity index (χ0n) is 11.3. The maximum absolute atomic E-state index is 8.88. The molecule has 4 heteroatoms. The van der Waals surface area contributed by atoms with E-state index in [0.29, 0.717) is 0 Å². The van der Waals surface area contributed by atoms with E-state index in [1.165, 1.54) is 0 Å². The lowest BCUT2D eigenvalue weighted by Gasteiger charge is -2.15. The second kappa shape index (κ2) is 7.58. The third-order valence-corrected chi connectivity index (χ3v) is 3.99. The number of nitrogens with one attached hydrogen (secondary N) is 1. The van der Waals surface area contributed by atoms with Gasteiger partial charge in [-0.3, -0.25) is 0 Å². The van der Waals surface area contributed by atoms with Crippen molar-refractivity contribution in [3.8, 4) is 0 Å². The van der Waals surface area contributed by atoms with Crippen LogP contribution in [0, 0.1) is 0 Å². The molecule has 2 N–H and O–H groups in total. The van der Waals surface area contributed by atoms with Crippen LogP contribution >= 0.6 is 11.8 Å². The van der Waals surface area contributed by atoms with E-state index in [1.54, 1.807) is 11.8 Å². The van der Waals surface area contributed by atoms with E-state index >= 15 is 0 Å². The molecule has 104 valence electrons. The van der Waals surface area contributed by atoms with Crippen LogP contribution in [-0.4, -0.2) is 29.8 Å². The van der Waals surface area contributed by atoms with Crippen molar-refractivity contribution < 1.29 is 9.52 Å². The lowest BCUT2D eigenvalue weighted by Crippen LogP contribution is -2.24. The van der Waals surface area contributed by atoms with Gasteiger partial charge in [0.15, 0.2) is 0 Å². The maximum atomic E-state index is 8.88. The van der Waals surface area contributed by atoms with Crippen molar-refractivity contribution in [1.29, 1.82) is 0 Å². The molecule has 19 heavy (non-hydrogen) atoms. The lowest BCUT2D eigenvalue weighted by atomic mass is 10.2. The lowest BCUT2D eigenvalue weighted by molar-refractivity contribution is 0.322. The van der Waals surface area contributed by atoms with Gasteiger partial charge in [-0.2, -0.15) is 11.8 Å². The average Bonchev–Trinajstić information content (AvgIpc) is 2.86. The molecular weight excluding hydrogens is 258 g/mol. The number of fused-ring (bicyclic) bond motifs is 1. The van der Waals surface area contributed by atoms with Crippen LogP contribution in [-0.2, 0) is 0 Å². The minimum atomic E-state index is 0.212. The molecule has 2 rings (SSSR count). The second-order valence-electron chi connectivity index (χ2n) is 4.49. The Morgan fingerprint density at radius 2 is 2.21 bits per heavy atom. The molecule has 1 aromatic heterocycles. The average molecular weight is 279 g/mol.